The lowest BCUT2D eigenvalue weighted by Gasteiger charge is -2.21. The van der Waals surface area contributed by atoms with Crippen molar-refractivity contribution in [2.24, 2.45) is 0 Å². The van der Waals surface area contributed by atoms with Crippen molar-refractivity contribution in [2.75, 3.05) is 18.0 Å². The van der Waals surface area contributed by atoms with Gasteiger partial charge in [-0.3, -0.25) is 14.4 Å². The number of para-hydroxylation sites is 1. The number of sulfonamides is 1. The van der Waals surface area contributed by atoms with Crippen LogP contribution in [0.2, 0.25) is 0 Å². The van der Waals surface area contributed by atoms with E-state index in [1.807, 2.05) is 0 Å². The van der Waals surface area contributed by atoms with Gasteiger partial charge in [0.2, 0.25) is 0 Å². The Balaban J connectivity index is 2.53. The number of nitrogens with zero attached hydrogens (tertiary/aromatic N) is 2. The number of esters is 1. The van der Waals surface area contributed by atoms with Crippen LogP contribution in [0.25, 0.3) is 0 Å². The number of anilines is 1. The van der Waals surface area contributed by atoms with Crippen molar-refractivity contribution >= 4 is 27.4 Å². The zero-order valence-corrected chi connectivity index (χ0v) is 15.3. The first kappa shape index (κ1) is 19.4. The van der Waals surface area contributed by atoms with Crippen LogP contribution < -0.4 is 4.31 Å². The fraction of sp³-hybridized carbons (Fsp3) is 0.235. The monoisotopic (exact) mass is 378 g/mol. The number of nitro benzene ring substituents is 1. The first-order valence-electron chi connectivity index (χ1n) is 7.70. The third-order valence-corrected chi connectivity index (χ3v) is 5.54. The van der Waals surface area contributed by atoms with Gasteiger partial charge in [0.05, 0.1) is 27.7 Å². The van der Waals surface area contributed by atoms with Crippen LogP contribution in [-0.2, 0) is 14.8 Å². The van der Waals surface area contributed by atoms with E-state index >= 15 is 0 Å². The van der Waals surface area contributed by atoms with Crippen molar-refractivity contribution in [1.29, 1.82) is 0 Å². The molecule has 0 aliphatic rings. The highest BCUT2D eigenvalue weighted by molar-refractivity contribution is 7.92. The van der Waals surface area contributed by atoms with Gasteiger partial charge in [-0.2, -0.15) is 0 Å². The van der Waals surface area contributed by atoms with Gasteiger partial charge >= 0.3 is 5.97 Å². The Morgan fingerprint density at radius 3 is 2.50 bits per heavy atom. The molecule has 0 saturated carbocycles. The van der Waals surface area contributed by atoms with Crippen LogP contribution in [0.15, 0.2) is 47.4 Å². The number of carbonyl (C=O) groups excluding carboxylic acids is 1. The van der Waals surface area contributed by atoms with Gasteiger partial charge in [-0.15, -0.1) is 0 Å². The van der Waals surface area contributed by atoms with E-state index in [0.717, 1.165) is 10.4 Å². The van der Waals surface area contributed by atoms with Crippen LogP contribution in [0.5, 0.6) is 0 Å². The molecule has 0 fully saturated rings. The third-order valence-electron chi connectivity index (χ3n) is 3.77. The second-order valence-corrected chi connectivity index (χ2v) is 7.38. The normalized spacial score (nSPS) is 11.0. The molecule has 2 rings (SSSR count). The van der Waals surface area contributed by atoms with Gasteiger partial charge in [-0.05, 0) is 32.0 Å². The number of rotatable bonds is 6. The number of aryl methyl sites for hydroxylation is 1. The molecule has 0 amide bonds. The van der Waals surface area contributed by atoms with Crippen molar-refractivity contribution in [1.82, 2.24) is 0 Å². The summed E-state index contributed by atoms with van der Waals surface area (Å²) in [5.41, 5.74) is 0.262. The van der Waals surface area contributed by atoms with Gasteiger partial charge in [0, 0.05) is 18.7 Å². The summed E-state index contributed by atoms with van der Waals surface area (Å²) in [5.74, 6) is -0.653. The first-order valence-corrected chi connectivity index (χ1v) is 9.14. The summed E-state index contributed by atoms with van der Waals surface area (Å²) in [6.45, 7) is 3.31. The Morgan fingerprint density at radius 1 is 1.23 bits per heavy atom. The van der Waals surface area contributed by atoms with Gasteiger partial charge < -0.3 is 4.74 Å². The van der Waals surface area contributed by atoms with Crippen molar-refractivity contribution in [3.05, 3.63) is 63.7 Å². The van der Waals surface area contributed by atoms with E-state index in [0.29, 0.717) is 5.56 Å². The quantitative estimate of drug-likeness (QED) is 0.435. The zero-order chi connectivity index (χ0) is 19.5. The Bertz CT molecular complexity index is 955. The first-order chi connectivity index (χ1) is 12.2. The summed E-state index contributed by atoms with van der Waals surface area (Å²) in [6, 6.07) is 9.77. The number of nitro groups is 1. The number of hydrogen-bond acceptors (Lipinski definition) is 6. The molecule has 138 valence electrons. The Morgan fingerprint density at radius 2 is 1.88 bits per heavy atom. The molecule has 0 N–H and O–H groups in total. The molecule has 0 atom stereocenters. The summed E-state index contributed by atoms with van der Waals surface area (Å²) in [5, 5.41) is 11.1. The predicted octanol–water partition coefficient (Wildman–Crippen LogP) is 2.91. The third kappa shape index (κ3) is 3.67. The lowest BCUT2D eigenvalue weighted by Crippen LogP contribution is -2.28. The van der Waals surface area contributed by atoms with Crippen LogP contribution in [0.4, 0.5) is 11.4 Å². The number of carbonyl (C=O) groups is 1. The topological polar surface area (TPSA) is 107 Å². The maximum atomic E-state index is 12.9. The van der Waals surface area contributed by atoms with Crippen molar-refractivity contribution in [3.63, 3.8) is 0 Å². The number of ether oxygens (including phenoxy) is 1. The van der Waals surface area contributed by atoms with Crippen LogP contribution in [0.3, 0.4) is 0 Å². The van der Waals surface area contributed by atoms with Gasteiger partial charge in [-0.25, -0.2) is 13.2 Å². The lowest BCUT2D eigenvalue weighted by molar-refractivity contribution is -0.385. The molecule has 0 radical (unpaired) electrons. The van der Waals surface area contributed by atoms with E-state index < -0.39 is 20.9 Å². The Hall–Kier alpha value is -2.94. The fourth-order valence-electron chi connectivity index (χ4n) is 2.36. The van der Waals surface area contributed by atoms with Crippen LogP contribution in [-0.4, -0.2) is 33.0 Å². The van der Waals surface area contributed by atoms with Crippen molar-refractivity contribution < 1.29 is 22.9 Å². The minimum Gasteiger partial charge on any atom is -0.462 e. The predicted molar refractivity (Wildman–Crippen MR) is 95.8 cm³/mol. The average molecular weight is 378 g/mol. The molecule has 0 heterocycles. The van der Waals surface area contributed by atoms with E-state index in [4.69, 9.17) is 4.74 Å². The highest BCUT2D eigenvalue weighted by atomic mass is 32.2. The summed E-state index contributed by atoms with van der Waals surface area (Å²) >= 11 is 0. The average Bonchev–Trinajstić information content (AvgIpc) is 2.61. The van der Waals surface area contributed by atoms with Gasteiger partial charge in [0.1, 0.15) is 0 Å². The molecule has 0 aliphatic heterocycles. The Labute approximate surface area is 151 Å². The summed E-state index contributed by atoms with van der Waals surface area (Å²) in [6.07, 6.45) is 0. The highest BCUT2D eigenvalue weighted by Gasteiger charge is 2.27. The van der Waals surface area contributed by atoms with Gasteiger partial charge in [-0.1, -0.05) is 18.2 Å². The molecule has 2 aromatic carbocycles. The standard InChI is InChI=1S/C17H18N2O6S/c1-4-25-17(20)14-7-5-6-8-15(14)18(3)26(23,24)13-10-9-12(2)16(11-13)19(21)22/h5-11H,4H2,1-3H3. The van der Waals surface area contributed by atoms with E-state index in [1.165, 1.54) is 38.2 Å². The van der Waals surface area contributed by atoms with E-state index in [9.17, 15) is 23.3 Å². The van der Waals surface area contributed by atoms with Crippen LogP contribution in [0, 0.1) is 17.0 Å². The maximum absolute atomic E-state index is 12.9. The summed E-state index contributed by atoms with van der Waals surface area (Å²) < 4.78 is 31.7. The molecule has 0 unspecified atom stereocenters. The van der Waals surface area contributed by atoms with Gasteiger partial charge in [0.25, 0.3) is 15.7 Å². The summed E-state index contributed by atoms with van der Waals surface area (Å²) in [7, 11) is -2.84. The molecular weight excluding hydrogens is 360 g/mol. The van der Waals surface area contributed by atoms with E-state index in [2.05, 4.69) is 0 Å². The van der Waals surface area contributed by atoms with Crippen molar-refractivity contribution in [2.45, 2.75) is 18.7 Å². The van der Waals surface area contributed by atoms with E-state index in [1.54, 1.807) is 19.1 Å². The largest absolute Gasteiger partial charge is 0.462 e. The highest BCUT2D eigenvalue weighted by Crippen LogP contribution is 2.29. The smallest absolute Gasteiger partial charge is 0.340 e. The second kappa shape index (κ2) is 7.52. The zero-order valence-electron chi connectivity index (χ0n) is 14.5. The molecule has 26 heavy (non-hydrogen) atoms. The Kier molecular flexibility index (Phi) is 5.61. The molecule has 2 aromatic rings. The number of hydrogen-bond donors (Lipinski definition) is 0. The fourth-order valence-corrected chi connectivity index (χ4v) is 3.60. The van der Waals surface area contributed by atoms with E-state index in [-0.39, 0.29) is 28.4 Å². The minimum atomic E-state index is -4.11. The number of benzene rings is 2. The molecule has 0 spiro atoms. The van der Waals surface area contributed by atoms with Crippen molar-refractivity contribution in [3.8, 4) is 0 Å². The molecule has 0 bridgehead atoms. The molecule has 0 aliphatic carbocycles. The maximum Gasteiger partial charge on any atom is 0.340 e. The molecular formula is C17H18N2O6S. The van der Waals surface area contributed by atoms with Crippen LogP contribution >= 0.6 is 0 Å². The molecule has 9 heteroatoms. The molecule has 0 saturated heterocycles. The SMILES string of the molecule is CCOC(=O)c1ccccc1N(C)S(=O)(=O)c1ccc(C)c([N+](=O)[O-])c1. The second-order valence-electron chi connectivity index (χ2n) is 5.42. The minimum absolute atomic E-state index is 0.0852. The molecule has 0 aromatic heterocycles. The van der Waals surface area contributed by atoms with Gasteiger partial charge in [0.15, 0.2) is 0 Å². The molecule has 8 nitrogen and oxygen atoms in total. The van der Waals surface area contributed by atoms with Crippen LogP contribution in [0.1, 0.15) is 22.8 Å². The lowest BCUT2D eigenvalue weighted by atomic mass is 10.2. The summed E-state index contributed by atoms with van der Waals surface area (Å²) in [4.78, 5) is 22.3.